The normalized spacial score (nSPS) is 13.4. The van der Waals surface area contributed by atoms with Crippen molar-refractivity contribution in [3.63, 3.8) is 0 Å². The minimum Gasteiger partial charge on any atom is -0.378 e. The highest BCUT2D eigenvalue weighted by Gasteiger charge is 2.15. The quantitative estimate of drug-likeness (QED) is 0.285. The van der Waals surface area contributed by atoms with E-state index in [1.165, 1.54) is 0 Å². The molecular weight excluding hydrogens is 434 g/mol. The van der Waals surface area contributed by atoms with Crippen molar-refractivity contribution in [1.29, 1.82) is 0 Å². The van der Waals surface area contributed by atoms with Gasteiger partial charge in [-0.05, 0) is 17.7 Å². The highest BCUT2D eigenvalue weighted by molar-refractivity contribution is 14.0. The summed E-state index contributed by atoms with van der Waals surface area (Å²) in [4.78, 5) is 6.46. The van der Waals surface area contributed by atoms with E-state index in [1.807, 2.05) is 17.0 Å². The first kappa shape index (κ1) is 21.4. The van der Waals surface area contributed by atoms with Crippen molar-refractivity contribution in [3.05, 3.63) is 54.9 Å². The van der Waals surface area contributed by atoms with Crippen LogP contribution in [0.4, 0.5) is 10.1 Å². The fourth-order valence-electron chi connectivity index (χ4n) is 2.39. The molecule has 1 saturated heterocycles. The molecule has 1 heterocycles. The molecule has 1 aromatic carbocycles. The van der Waals surface area contributed by atoms with E-state index < -0.39 is 0 Å². The smallest absolute Gasteiger partial charge is 0.192 e. The highest BCUT2D eigenvalue weighted by atomic mass is 127. The molecule has 7 heteroatoms. The SMILES string of the molecule is C=CCNC(=NCc1ccc(N2CCOCC2)c(F)c1)NCC=C.I. The standard InChI is InChI=1S/C18H25FN4O.HI/c1-3-7-20-18(21-8-4-2)22-14-15-5-6-17(16(19)13-15)23-9-11-24-12-10-23;/h3-6,13H,1-2,7-12,14H2,(H2,20,21,22);1H. The molecule has 0 atom stereocenters. The molecule has 0 aromatic heterocycles. The van der Waals surface area contributed by atoms with Crippen LogP contribution in [0, 0.1) is 5.82 Å². The molecule has 138 valence electrons. The summed E-state index contributed by atoms with van der Waals surface area (Å²) in [7, 11) is 0. The molecule has 2 N–H and O–H groups in total. The summed E-state index contributed by atoms with van der Waals surface area (Å²) < 4.78 is 19.7. The summed E-state index contributed by atoms with van der Waals surface area (Å²) >= 11 is 0. The van der Waals surface area contributed by atoms with Gasteiger partial charge in [0, 0.05) is 26.2 Å². The second-order valence-electron chi connectivity index (χ2n) is 5.39. The Kier molecular flexibility index (Phi) is 10.2. The molecule has 0 amide bonds. The lowest BCUT2D eigenvalue weighted by molar-refractivity contribution is 0.122. The molecule has 1 aromatic rings. The van der Waals surface area contributed by atoms with E-state index in [1.54, 1.807) is 18.2 Å². The van der Waals surface area contributed by atoms with Crippen LogP contribution in [0.1, 0.15) is 5.56 Å². The molecule has 0 saturated carbocycles. The van der Waals surface area contributed by atoms with E-state index in [0.717, 1.165) is 18.7 Å². The van der Waals surface area contributed by atoms with Crippen LogP contribution in [0.15, 0.2) is 48.5 Å². The second-order valence-corrected chi connectivity index (χ2v) is 5.39. The lowest BCUT2D eigenvalue weighted by Gasteiger charge is -2.29. The second kappa shape index (κ2) is 11.9. The van der Waals surface area contributed by atoms with Crippen LogP contribution >= 0.6 is 24.0 Å². The topological polar surface area (TPSA) is 48.9 Å². The zero-order valence-electron chi connectivity index (χ0n) is 14.3. The van der Waals surface area contributed by atoms with Gasteiger partial charge in [-0.15, -0.1) is 37.1 Å². The average Bonchev–Trinajstić information content (AvgIpc) is 2.62. The number of morpholine rings is 1. The Bertz CT molecular complexity index is 574. The summed E-state index contributed by atoms with van der Waals surface area (Å²) in [5.74, 6) is 0.428. The summed E-state index contributed by atoms with van der Waals surface area (Å²) in [5, 5.41) is 6.22. The van der Waals surface area contributed by atoms with Crippen molar-refractivity contribution in [3.8, 4) is 0 Å². The van der Waals surface area contributed by atoms with Crippen LogP contribution in [-0.2, 0) is 11.3 Å². The first-order valence-electron chi connectivity index (χ1n) is 8.09. The Hall–Kier alpha value is -1.61. The van der Waals surface area contributed by atoms with Crippen molar-refractivity contribution in [1.82, 2.24) is 10.6 Å². The third-order valence-corrected chi connectivity index (χ3v) is 3.61. The highest BCUT2D eigenvalue weighted by Crippen LogP contribution is 2.21. The van der Waals surface area contributed by atoms with Crippen molar-refractivity contribution in [2.75, 3.05) is 44.3 Å². The van der Waals surface area contributed by atoms with Gasteiger partial charge < -0.3 is 20.3 Å². The summed E-state index contributed by atoms with van der Waals surface area (Å²) in [6, 6.07) is 5.28. The number of halogens is 2. The Morgan fingerprint density at radius 1 is 1.20 bits per heavy atom. The number of nitrogens with zero attached hydrogens (tertiary/aromatic N) is 2. The molecule has 0 unspecified atom stereocenters. The number of guanidine groups is 1. The van der Waals surface area contributed by atoms with E-state index in [0.29, 0.717) is 44.5 Å². The molecule has 0 aliphatic carbocycles. The van der Waals surface area contributed by atoms with E-state index >= 15 is 0 Å². The van der Waals surface area contributed by atoms with Gasteiger partial charge in [0.1, 0.15) is 5.82 Å². The number of hydrogen-bond donors (Lipinski definition) is 2. The van der Waals surface area contributed by atoms with Gasteiger partial charge in [0.15, 0.2) is 5.96 Å². The molecule has 1 fully saturated rings. The first-order chi connectivity index (χ1) is 11.7. The molecule has 0 radical (unpaired) electrons. The molecule has 5 nitrogen and oxygen atoms in total. The molecule has 25 heavy (non-hydrogen) atoms. The van der Waals surface area contributed by atoms with E-state index in [-0.39, 0.29) is 29.8 Å². The van der Waals surface area contributed by atoms with Gasteiger partial charge in [0.25, 0.3) is 0 Å². The third kappa shape index (κ3) is 7.03. The van der Waals surface area contributed by atoms with Crippen LogP contribution in [0.5, 0.6) is 0 Å². The van der Waals surface area contributed by atoms with Gasteiger partial charge in [0.05, 0.1) is 25.4 Å². The van der Waals surface area contributed by atoms with Gasteiger partial charge in [-0.3, -0.25) is 0 Å². The van der Waals surface area contributed by atoms with Crippen LogP contribution in [0.2, 0.25) is 0 Å². The van der Waals surface area contributed by atoms with E-state index in [9.17, 15) is 4.39 Å². The van der Waals surface area contributed by atoms with Gasteiger partial charge in [-0.25, -0.2) is 9.38 Å². The van der Waals surface area contributed by atoms with Crippen LogP contribution in [0.25, 0.3) is 0 Å². The molecule has 0 spiro atoms. The Balaban J connectivity index is 0.00000312. The molecule has 1 aliphatic heterocycles. The summed E-state index contributed by atoms with van der Waals surface area (Å²) in [5.41, 5.74) is 1.45. The minimum absolute atomic E-state index is 0. The van der Waals surface area contributed by atoms with Crippen molar-refractivity contribution >= 4 is 35.6 Å². The lowest BCUT2D eigenvalue weighted by Crippen LogP contribution is -2.37. The van der Waals surface area contributed by atoms with Crippen LogP contribution in [0.3, 0.4) is 0 Å². The maximum Gasteiger partial charge on any atom is 0.192 e. The average molecular weight is 460 g/mol. The third-order valence-electron chi connectivity index (χ3n) is 3.61. The lowest BCUT2D eigenvalue weighted by atomic mass is 10.1. The maximum atomic E-state index is 14.4. The van der Waals surface area contributed by atoms with Crippen LogP contribution < -0.4 is 15.5 Å². The number of aliphatic imine (C=N–C) groups is 1. The zero-order valence-corrected chi connectivity index (χ0v) is 16.7. The van der Waals surface area contributed by atoms with E-state index in [4.69, 9.17) is 4.74 Å². The fraction of sp³-hybridized carbons (Fsp3) is 0.389. The van der Waals surface area contributed by atoms with Crippen LogP contribution in [-0.4, -0.2) is 45.4 Å². The van der Waals surface area contributed by atoms with Gasteiger partial charge in [-0.2, -0.15) is 0 Å². The number of ether oxygens (including phenoxy) is 1. The predicted molar refractivity (Wildman–Crippen MR) is 112 cm³/mol. The fourth-order valence-corrected chi connectivity index (χ4v) is 2.39. The predicted octanol–water partition coefficient (Wildman–Crippen LogP) is 2.69. The van der Waals surface area contributed by atoms with Crippen molar-refractivity contribution < 1.29 is 9.13 Å². The largest absolute Gasteiger partial charge is 0.378 e. The number of rotatable bonds is 7. The maximum absolute atomic E-state index is 14.4. The number of nitrogens with one attached hydrogen (secondary N) is 2. The van der Waals surface area contributed by atoms with E-state index in [2.05, 4.69) is 28.8 Å². The van der Waals surface area contributed by atoms with Crippen molar-refractivity contribution in [2.45, 2.75) is 6.54 Å². The Morgan fingerprint density at radius 2 is 1.84 bits per heavy atom. The number of anilines is 1. The molecule has 1 aliphatic rings. The van der Waals surface area contributed by atoms with Gasteiger partial charge in [-0.1, -0.05) is 18.2 Å². The minimum atomic E-state index is -0.218. The molecular formula is C18H26FIN4O. The summed E-state index contributed by atoms with van der Waals surface area (Å²) in [6.07, 6.45) is 3.50. The summed E-state index contributed by atoms with van der Waals surface area (Å²) in [6.45, 7) is 11.6. The monoisotopic (exact) mass is 460 g/mol. The molecule has 0 bridgehead atoms. The Morgan fingerprint density at radius 3 is 2.40 bits per heavy atom. The molecule has 2 rings (SSSR count). The first-order valence-corrected chi connectivity index (χ1v) is 8.09. The zero-order chi connectivity index (χ0) is 17.2. The number of hydrogen-bond acceptors (Lipinski definition) is 3. The van der Waals surface area contributed by atoms with Gasteiger partial charge >= 0.3 is 0 Å². The number of benzene rings is 1. The van der Waals surface area contributed by atoms with Crippen molar-refractivity contribution in [2.24, 2.45) is 4.99 Å². The Labute approximate surface area is 166 Å². The van der Waals surface area contributed by atoms with Gasteiger partial charge in [0.2, 0.25) is 0 Å².